The van der Waals surface area contributed by atoms with Crippen molar-refractivity contribution in [2.24, 2.45) is 0 Å². The number of ether oxygens (including phenoxy) is 1. The molecule has 1 fully saturated rings. The van der Waals surface area contributed by atoms with Gasteiger partial charge in [0.2, 0.25) is 0 Å². The highest BCUT2D eigenvalue weighted by molar-refractivity contribution is 5.34. The molecule has 0 bridgehead atoms. The van der Waals surface area contributed by atoms with Gasteiger partial charge in [-0.05, 0) is 52.9 Å². The fraction of sp³-hybridized carbons (Fsp3) is 0.625. The van der Waals surface area contributed by atoms with Crippen LogP contribution in [0.1, 0.15) is 38.3 Å². The number of halogens is 1. The lowest BCUT2D eigenvalue weighted by molar-refractivity contribution is 0.108. The van der Waals surface area contributed by atoms with E-state index in [1.165, 1.54) is 20.0 Å². The molecule has 1 saturated heterocycles. The number of hydrogen-bond donors (Lipinski definition) is 1. The third kappa shape index (κ3) is 2.67. The molecule has 2 rings (SSSR count). The van der Waals surface area contributed by atoms with Crippen molar-refractivity contribution in [2.45, 2.75) is 38.3 Å². The standard InChI is InChI=1S/C16H25FN2O/c1-16(2,19-10-5-6-11-19)15(18-3)12-8-7-9-13(20-4)14(12)17/h7-9,15,18H,5-6,10-11H2,1-4H3. The molecule has 0 radical (unpaired) electrons. The molecule has 0 spiro atoms. The summed E-state index contributed by atoms with van der Waals surface area (Å²) in [5, 5.41) is 3.29. The van der Waals surface area contributed by atoms with E-state index in [4.69, 9.17) is 4.74 Å². The second-order valence-electron chi connectivity index (χ2n) is 5.93. The molecule has 1 atom stereocenters. The van der Waals surface area contributed by atoms with Gasteiger partial charge in [-0.1, -0.05) is 12.1 Å². The topological polar surface area (TPSA) is 24.5 Å². The summed E-state index contributed by atoms with van der Waals surface area (Å²) in [5.41, 5.74) is 0.530. The molecule has 1 aromatic carbocycles. The summed E-state index contributed by atoms with van der Waals surface area (Å²) in [7, 11) is 3.39. The van der Waals surface area contributed by atoms with Gasteiger partial charge in [-0.25, -0.2) is 4.39 Å². The molecular weight excluding hydrogens is 255 g/mol. The number of methoxy groups -OCH3 is 1. The van der Waals surface area contributed by atoms with Crippen LogP contribution >= 0.6 is 0 Å². The first-order valence-electron chi connectivity index (χ1n) is 7.27. The second-order valence-corrected chi connectivity index (χ2v) is 5.93. The van der Waals surface area contributed by atoms with E-state index in [1.807, 2.05) is 19.2 Å². The summed E-state index contributed by atoms with van der Waals surface area (Å²) in [6, 6.07) is 5.28. The molecule has 1 N–H and O–H groups in total. The van der Waals surface area contributed by atoms with Crippen LogP contribution in [-0.4, -0.2) is 37.7 Å². The number of benzene rings is 1. The average Bonchev–Trinajstić information content (AvgIpc) is 2.96. The lowest BCUT2D eigenvalue weighted by atomic mass is 9.86. The van der Waals surface area contributed by atoms with E-state index in [9.17, 15) is 4.39 Å². The van der Waals surface area contributed by atoms with Crippen molar-refractivity contribution in [1.29, 1.82) is 0 Å². The van der Waals surface area contributed by atoms with E-state index in [2.05, 4.69) is 24.1 Å². The van der Waals surface area contributed by atoms with E-state index < -0.39 is 0 Å². The Morgan fingerprint density at radius 3 is 2.50 bits per heavy atom. The quantitative estimate of drug-likeness (QED) is 0.897. The van der Waals surface area contributed by atoms with Gasteiger partial charge in [-0.3, -0.25) is 4.90 Å². The summed E-state index contributed by atoms with van der Waals surface area (Å²) in [5.74, 6) is 0.0431. The maximum absolute atomic E-state index is 14.5. The molecule has 3 nitrogen and oxygen atoms in total. The van der Waals surface area contributed by atoms with Crippen molar-refractivity contribution in [3.05, 3.63) is 29.6 Å². The van der Waals surface area contributed by atoms with Gasteiger partial charge in [0, 0.05) is 11.1 Å². The molecule has 0 aromatic heterocycles. The zero-order valence-electron chi connectivity index (χ0n) is 12.9. The summed E-state index contributed by atoms with van der Waals surface area (Å²) >= 11 is 0. The van der Waals surface area contributed by atoms with Crippen LogP contribution in [0, 0.1) is 5.82 Å². The van der Waals surface area contributed by atoms with Gasteiger partial charge in [0.1, 0.15) is 0 Å². The van der Waals surface area contributed by atoms with Crippen molar-refractivity contribution >= 4 is 0 Å². The van der Waals surface area contributed by atoms with Gasteiger partial charge in [0.05, 0.1) is 13.2 Å². The Labute approximate surface area is 121 Å². The van der Waals surface area contributed by atoms with E-state index in [-0.39, 0.29) is 17.4 Å². The minimum atomic E-state index is -0.262. The maximum atomic E-state index is 14.5. The van der Waals surface area contributed by atoms with Crippen LogP contribution in [-0.2, 0) is 0 Å². The van der Waals surface area contributed by atoms with Crippen LogP contribution in [0.5, 0.6) is 5.75 Å². The number of rotatable bonds is 5. The Balaban J connectivity index is 2.36. The van der Waals surface area contributed by atoms with Crippen molar-refractivity contribution in [1.82, 2.24) is 10.2 Å². The van der Waals surface area contributed by atoms with E-state index in [0.29, 0.717) is 11.3 Å². The Kier molecular flexibility index (Phi) is 4.66. The molecule has 0 amide bonds. The minimum Gasteiger partial charge on any atom is -0.494 e. The van der Waals surface area contributed by atoms with Crippen molar-refractivity contribution < 1.29 is 9.13 Å². The van der Waals surface area contributed by atoms with Crippen molar-refractivity contribution in [3.8, 4) is 5.75 Å². The average molecular weight is 280 g/mol. The van der Waals surface area contributed by atoms with Gasteiger partial charge in [-0.15, -0.1) is 0 Å². The third-order valence-corrected chi connectivity index (χ3v) is 4.44. The van der Waals surface area contributed by atoms with Crippen LogP contribution in [0.25, 0.3) is 0 Å². The van der Waals surface area contributed by atoms with Gasteiger partial charge >= 0.3 is 0 Å². The Morgan fingerprint density at radius 2 is 1.95 bits per heavy atom. The molecule has 1 aliphatic rings. The van der Waals surface area contributed by atoms with E-state index >= 15 is 0 Å². The summed E-state index contributed by atoms with van der Waals surface area (Å²) < 4.78 is 19.6. The molecule has 1 unspecified atom stereocenters. The first kappa shape index (κ1) is 15.3. The number of hydrogen-bond acceptors (Lipinski definition) is 3. The highest BCUT2D eigenvalue weighted by atomic mass is 19.1. The first-order valence-corrected chi connectivity index (χ1v) is 7.27. The molecule has 1 aliphatic heterocycles. The van der Waals surface area contributed by atoms with Crippen LogP contribution in [0.4, 0.5) is 4.39 Å². The summed E-state index contributed by atoms with van der Waals surface area (Å²) in [4.78, 5) is 2.44. The minimum absolute atomic E-state index is 0.0734. The van der Waals surface area contributed by atoms with Crippen LogP contribution in [0.15, 0.2) is 18.2 Å². The smallest absolute Gasteiger partial charge is 0.169 e. The predicted octanol–water partition coefficient (Wildman–Crippen LogP) is 2.97. The molecule has 20 heavy (non-hydrogen) atoms. The highest BCUT2D eigenvalue weighted by Crippen LogP contribution is 2.36. The molecule has 0 saturated carbocycles. The third-order valence-electron chi connectivity index (χ3n) is 4.44. The second kappa shape index (κ2) is 6.10. The SMILES string of the molecule is CNC(c1cccc(OC)c1F)C(C)(C)N1CCCC1. The normalized spacial score (nSPS) is 18.2. The highest BCUT2D eigenvalue weighted by Gasteiger charge is 2.38. The molecule has 1 heterocycles. The van der Waals surface area contributed by atoms with Crippen LogP contribution < -0.4 is 10.1 Å². The number of likely N-dealkylation sites (tertiary alicyclic amines) is 1. The lowest BCUT2D eigenvalue weighted by Crippen LogP contribution is -2.51. The van der Waals surface area contributed by atoms with E-state index in [1.54, 1.807) is 6.07 Å². The number of nitrogens with zero attached hydrogens (tertiary/aromatic N) is 1. The fourth-order valence-corrected chi connectivity index (χ4v) is 3.27. The van der Waals surface area contributed by atoms with Crippen molar-refractivity contribution in [2.75, 3.05) is 27.2 Å². The first-order chi connectivity index (χ1) is 9.52. The largest absolute Gasteiger partial charge is 0.494 e. The van der Waals surface area contributed by atoms with E-state index in [0.717, 1.165) is 13.1 Å². The Morgan fingerprint density at radius 1 is 1.30 bits per heavy atom. The molecular formula is C16H25FN2O. The Bertz CT molecular complexity index is 456. The monoisotopic (exact) mass is 280 g/mol. The number of likely N-dealkylation sites (N-methyl/N-ethyl adjacent to an activating group) is 1. The zero-order valence-corrected chi connectivity index (χ0v) is 12.9. The molecule has 4 heteroatoms. The summed E-state index contributed by atoms with van der Waals surface area (Å²) in [6.45, 7) is 6.52. The number of nitrogens with one attached hydrogen (secondary N) is 1. The molecule has 112 valence electrons. The molecule has 1 aromatic rings. The van der Waals surface area contributed by atoms with Gasteiger partial charge in [-0.2, -0.15) is 0 Å². The van der Waals surface area contributed by atoms with Crippen molar-refractivity contribution in [3.63, 3.8) is 0 Å². The maximum Gasteiger partial charge on any atom is 0.169 e. The fourth-order valence-electron chi connectivity index (χ4n) is 3.27. The summed E-state index contributed by atoms with van der Waals surface area (Å²) in [6.07, 6.45) is 2.45. The zero-order chi connectivity index (χ0) is 14.8. The molecule has 0 aliphatic carbocycles. The Hall–Kier alpha value is -1.13. The lowest BCUT2D eigenvalue weighted by Gasteiger charge is -2.42. The van der Waals surface area contributed by atoms with Crippen LogP contribution in [0.3, 0.4) is 0 Å². The van der Waals surface area contributed by atoms with Gasteiger partial charge < -0.3 is 10.1 Å². The van der Waals surface area contributed by atoms with Gasteiger partial charge in [0.15, 0.2) is 11.6 Å². The van der Waals surface area contributed by atoms with Crippen LogP contribution in [0.2, 0.25) is 0 Å². The predicted molar refractivity (Wildman–Crippen MR) is 79.6 cm³/mol. The van der Waals surface area contributed by atoms with Gasteiger partial charge in [0.25, 0.3) is 0 Å².